The fourth-order valence-electron chi connectivity index (χ4n) is 1.09. The van der Waals surface area contributed by atoms with Crippen molar-refractivity contribution < 1.29 is 118 Å². The molecule has 0 spiro atoms. The molecule has 0 saturated carbocycles. The average Bonchev–Trinajstić information content (AvgIpc) is 2.64. The van der Waals surface area contributed by atoms with Gasteiger partial charge in [-0.2, -0.15) is 52.7 Å². The summed E-state index contributed by atoms with van der Waals surface area (Å²) in [5, 5.41) is 32.9. The zero-order valence-electron chi connectivity index (χ0n) is 20.8. The summed E-state index contributed by atoms with van der Waals surface area (Å²) >= 11 is 0. The van der Waals surface area contributed by atoms with Crippen LogP contribution in [-0.2, 0) is 45.4 Å². The van der Waals surface area contributed by atoms with E-state index in [2.05, 4.69) is 0 Å². The van der Waals surface area contributed by atoms with Crippen LogP contribution in [0.2, 0.25) is 0 Å². The van der Waals surface area contributed by atoms with E-state index in [0.29, 0.717) is 0 Å². The molecule has 0 unspecified atom stereocenters. The molecule has 8 nitrogen and oxygen atoms in total. The van der Waals surface area contributed by atoms with Crippen LogP contribution in [0.5, 0.6) is 0 Å². The fourth-order valence-corrected chi connectivity index (χ4v) is 1.09. The number of rotatable bonds is 4. The van der Waals surface area contributed by atoms with Gasteiger partial charge in [-0.05, 0) is 27.7 Å². The number of halogens is 12. The van der Waals surface area contributed by atoms with Gasteiger partial charge < -0.3 is 20.4 Å². The molecule has 0 atom stereocenters. The molecule has 236 valence electrons. The smallest absolute Gasteiger partial charge is 0.454 e. The van der Waals surface area contributed by atoms with Gasteiger partial charge in [-0.3, -0.25) is 19.2 Å². The van der Waals surface area contributed by atoms with Gasteiger partial charge in [0.15, 0.2) is 0 Å². The van der Waals surface area contributed by atoms with Crippen LogP contribution in [0, 0.1) is 0 Å². The second kappa shape index (κ2) is 19.9. The Bertz CT molecular complexity index is 824. The summed E-state index contributed by atoms with van der Waals surface area (Å²) in [5.41, 5.74) is 0. The van der Waals surface area contributed by atoms with E-state index in [4.69, 9.17) is 20.4 Å². The van der Waals surface area contributed by atoms with Crippen molar-refractivity contribution in [1.82, 2.24) is 0 Å². The first-order valence-electron chi connectivity index (χ1n) is 9.29. The van der Waals surface area contributed by atoms with E-state index in [1.807, 2.05) is 0 Å². The number of aliphatic hydroxyl groups excluding tert-OH is 4. The molecule has 0 bridgehead atoms. The Balaban J connectivity index is -0.000000139. The van der Waals surface area contributed by atoms with Crippen LogP contribution in [0.25, 0.3) is 0 Å². The summed E-state index contributed by atoms with van der Waals surface area (Å²) in [4.78, 5) is 39.7. The minimum Gasteiger partial charge on any atom is -0.512 e. The Labute approximate surface area is 241 Å². The van der Waals surface area contributed by atoms with Crippen molar-refractivity contribution in [1.29, 1.82) is 0 Å². The molecule has 0 aromatic carbocycles. The summed E-state index contributed by atoms with van der Waals surface area (Å²) in [6.07, 6.45) is -19.0. The normalized spacial score (nSPS) is 13.1. The van der Waals surface area contributed by atoms with Gasteiger partial charge in [0.2, 0.25) is 0 Å². The Kier molecular flexibility index (Phi) is 23.1. The van der Waals surface area contributed by atoms with E-state index >= 15 is 0 Å². The summed E-state index contributed by atoms with van der Waals surface area (Å²) in [6, 6.07) is 0. The molecule has 41 heavy (non-hydrogen) atoms. The Morgan fingerprint density at radius 3 is 0.512 bits per heavy atom. The van der Waals surface area contributed by atoms with Gasteiger partial charge in [0, 0.05) is 50.5 Å². The minimum atomic E-state index is -4.88. The molecule has 0 aromatic heterocycles. The molecule has 0 aromatic rings. The largest absolute Gasteiger partial charge is 0.512 e. The van der Waals surface area contributed by atoms with Crippen LogP contribution in [0.15, 0.2) is 47.3 Å². The fraction of sp³-hybridized carbons (Fsp3) is 0.400. The third-order valence-electron chi connectivity index (χ3n) is 2.48. The van der Waals surface area contributed by atoms with Crippen LogP contribution < -0.4 is 0 Å². The predicted octanol–water partition coefficient (Wildman–Crippen LogP) is 6.32. The van der Waals surface area contributed by atoms with E-state index in [9.17, 15) is 71.9 Å². The number of carbonyl (C=O) groups excluding carboxylic acids is 4. The van der Waals surface area contributed by atoms with Gasteiger partial charge in [-0.1, -0.05) is 0 Å². The maximum atomic E-state index is 11.3. The van der Waals surface area contributed by atoms with Gasteiger partial charge in [-0.15, -0.1) is 0 Å². The zero-order chi connectivity index (χ0) is 33.4. The number of hydrogen-bond acceptors (Lipinski definition) is 8. The average molecular weight is 708 g/mol. The molecule has 4 N–H and O–H groups in total. The first-order valence-corrected chi connectivity index (χ1v) is 9.29. The second-order valence-corrected chi connectivity index (χ2v) is 6.59. The molecule has 0 heterocycles. The van der Waals surface area contributed by atoms with E-state index in [1.165, 1.54) is 0 Å². The van der Waals surface area contributed by atoms with Crippen LogP contribution in [0.4, 0.5) is 52.7 Å². The van der Waals surface area contributed by atoms with Gasteiger partial charge in [-0.25, -0.2) is 0 Å². The van der Waals surface area contributed by atoms with Crippen LogP contribution in [-0.4, -0.2) is 68.3 Å². The van der Waals surface area contributed by atoms with Crippen molar-refractivity contribution in [2.75, 3.05) is 0 Å². The molecule has 0 aliphatic rings. The third-order valence-corrected chi connectivity index (χ3v) is 2.48. The maximum absolute atomic E-state index is 11.3. The Morgan fingerprint density at radius 1 is 0.390 bits per heavy atom. The van der Waals surface area contributed by atoms with Crippen molar-refractivity contribution in [2.45, 2.75) is 52.4 Å². The minimum absolute atomic E-state index is 0. The molecule has 0 radical (unpaired) electrons. The summed E-state index contributed by atoms with van der Waals surface area (Å²) in [5.74, 6) is -10.8. The molecule has 0 fully saturated rings. The van der Waals surface area contributed by atoms with Gasteiger partial charge in [0.05, 0.1) is 23.0 Å². The monoisotopic (exact) mass is 706 g/mol. The number of aliphatic hydroxyl groups is 4. The van der Waals surface area contributed by atoms with Crippen LogP contribution in [0.3, 0.4) is 0 Å². The van der Waals surface area contributed by atoms with Gasteiger partial charge >= 0.3 is 24.7 Å². The predicted molar refractivity (Wildman–Crippen MR) is 110 cm³/mol. The molecule has 0 rings (SSSR count). The molecule has 0 saturated heterocycles. The number of hydrogen-bond donors (Lipinski definition) is 4. The molecule has 21 heteroatoms. The molecular weight excluding hydrogens is 687 g/mol. The van der Waals surface area contributed by atoms with E-state index in [1.54, 1.807) is 0 Å². The van der Waals surface area contributed by atoms with Crippen molar-refractivity contribution in [3.05, 3.63) is 47.3 Å². The van der Waals surface area contributed by atoms with E-state index in [-0.39, 0.29) is 50.5 Å². The maximum Gasteiger partial charge on any atom is 0.454 e. The second-order valence-electron chi connectivity index (χ2n) is 6.59. The zero-order valence-corrected chi connectivity index (χ0v) is 23.2. The molecule has 0 aliphatic carbocycles. The molecule has 0 aliphatic heterocycles. The number of carbonyl (C=O) groups is 4. The van der Waals surface area contributed by atoms with Gasteiger partial charge in [0.1, 0.15) is 0 Å². The van der Waals surface area contributed by atoms with Crippen molar-refractivity contribution >= 4 is 23.1 Å². The van der Waals surface area contributed by atoms with Crippen LogP contribution in [0.1, 0.15) is 27.7 Å². The summed E-state index contributed by atoms with van der Waals surface area (Å²) in [7, 11) is 0. The SMILES string of the molecule is C/C(O)=C/C(=O)C(F)(F)F.C/C(O)=C/C(=O)C(F)(F)F.C/C(O)=C/C(=O)C(F)(F)F.C/C(O)=C/C(=O)C(F)(F)F.[Zr]. The van der Waals surface area contributed by atoms with E-state index in [0.717, 1.165) is 27.7 Å². The van der Waals surface area contributed by atoms with E-state index < -0.39 is 70.9 Å². The number of allylic oxidation sites excluding steroid dienone is 8. The first-order chi connectivity index (χ1) is 17.3. The standard InChI is InChI=1S/4C5H5F3O2.Zr/c4*1-3(9)2-4(10)5(6,7)8;/h4*2,9H,1H3;/b4*3-2-;. The molecular formula is C20H20F12O8Zr. The topological polar surface area (TPSA) is 149 Å². The van der Waals surface area contributed by atoms with Gasteiger partial charge in [0.25, 0.3) is 23.1 Å². The third kappa shape index (κ3) is 33.0. The quantitative estimate of drug-likeness (QED) is 0.151. The molecule has 0 amide bonds. The summed E-state index contributed by atoms with van der Waals surface area (Å²) < 4.78 is 136. The number of alkyl halides is 12. The summed E-state index contributed by atoms with van der Waals surface area (Å²) in [6.45, 7) is 3.96. The van der Waals surface area contributed by atoms with Crippen molar-refractivity contribution in [3.8, 4) is 0 Å². The van der Waals surface area contributed by atoms with Crippen molar-refractivity contribution in [2.24, 2.45) is 0 Å². The first kappa shape index (κ1) is 47.7. The Morgan fingerprint density at radius 2 is 0.488 bits per heavy atom. The number of ketones is 4. The van der Waals surface area contributed by atoms with Crippen LogP contribution >= 0.6 is 0 Å². The Hall–Kier alpha value is -3.12. The van der Waals surface area contributed by atoms with Crippen molar-refractivity contribution in [3.63, 3.8) is 0 Å².